The van der Waals surface area contributed by atoms with Crippen molar-refractivity contribution < 1.29 is 9.26 Å². The van der Waals surface area contributed by atoms with E-state index in [1.807, 2.05) is 24.3 Å². The molecule has 0 spiro atoms. The minimum absolute atomic E-state index is 0.121. The van der Waals surface area contributed by atoms with Crippen LogP contribution < -0.4 is 5.56 Å². The number of benzene rings is 1. The van der Waals surface area contributed by atoms with Crippen LogP contribution in [0.4, 0.5) is 0 Å². The average molecular weight is 312 g/mol. The number of aromatic nitrogens is 4. The predicted octanol–water partition coefficient (Wildman–Crippen LogP) is 1.99. The standard InChI is InChI=1S/C16H16N4O3/c1-10-16(21)20(12-6-3-2-5-11(12)17-10)9-14-18-15(23-19-14)13-7-4-8-22-13/h2-3,5-6,13H,4,7-9H2,1H3/t13-/m0/s1. The maximum absolute atomic E-state index is 12.4. The smallest absolute Gasteiger partial charge is 0.272 e. The van der Waals surface area contributed by atoms with Crippen LogP contribution in [0.5, 0.6) is 0 Å². The van der Waals surface area contributed by atoms with Gasteiger partial charge in [-0.25, -0.2) is 4.98 Å². The van der Waals surface area contributed by atoms with Crippen LogP contribution in [-0.4, -0.2) is 26.3 Å². The van der Waals surface area contributed by atoms with Crippen LogP contribution in [-0.2, 0) is 11.3 Å². The Labute approximate surface area is 131 Å². The van der Waals surface area contributed by atoms with Crippen LogP contribution in [0.25, 0.3) is 11.0 Å². The van der Waals surface area contributed by atoms with Gasteiger partial charge in [-0.3, -0.25) is 9.36 Å². The number of para-hydroxylation sites is 2. The summed E-state index contributed by atoms with van der Waals surface area (Å²) in [5.41, 5.74) is 1.83. The molecule has 1 saturated heterocycles. The number of hydrogen-bond acceptors (Lipinski definition) is 6. The molecule has 1 aliphatic rings. The van der Waals surface area contributed by atoms with Crippen LogP contribution in [0.3, 0.4) is 0 Å². The van der Waals surface area contributed by atoms with Crippen molar-refractivity contribution in [1.29, 1.82) is 0 Å². The van der Waals surface area contributed by atoms with Gasteiger partial charge in [0, 0.05) is 6.61 Å². The normalized spacial score (nSPS) is 17.9. The fourth-order valence-electron chi connectivity index (χ4n) is 2.85. The predicted molar refractivity (Wildman–Crippen MR) is 82.1 cm³/mol. The van der Waals surface area contributed by atoms with Gasteiger partial charge in [0.25, 0.3) is 11.4 Å². The van der Waals surface area contributed by atoms with E-state index in [0.29, 0.717) is 17.4 Å². The molecule has 0 radical (unpaired) electrons. The molecule has 0 bridgehead atoms. The topological polar surface area (TPSA) is 83.0 Å². The highest BCUT2D eigenvalue weighted by Gasteiger charge is 2.24. The summed E-state index contributed by atoms with van der Waals surface area (Å²) in [5.74, 6) is 0.953. The van der Waals surface area contributed by atoms with Crippen molar-refractivity contribution in [2.75, 3.05) is 6.61 Å². The summed E-state index contributed by atoms with van der Waals surface area (Å²) in [6, 6.07) is 7.52. The summed E-state index contributed by atoms with van der Waals surface area (Å²) in [6.45, 7) is 2.67. The maximum Gasteiger partial charge on any atom is 0.272 e. The largest absolute Gasteiger partial charge is 0.368 e. The molecule has 1 aromatic carbocycles. The number of fused-ring (bicyclic) bond motifs is 1. The Balaban J connectivity index is 1.72. The average Bonchev–Trinajstić information content (AvgIpc) is 3.23. The van der Waals surface area contributed by atoms with Crippen molar-refractivity contribution in [3.8, 4) is 0 Å². The molecular formula is C16H16N4O3. The lowest BCUT2D eigenvalue weighted by Gasteiger charge is -2.08. The van der Waals surface area contributed by atoms with Crippen LogP contribution >= 0.6 is 0 Å². The number of nitrogens with zero attached hydrogens (tertiary/aromatic N) is 4. The van der Waals surface area contributed by atoms with Crippen molar-refractivity contribution in [1.82, 2.24) is 19.7 Å². The SMILES string of the molecule is Cc1nc2ccccc2n(Cc2noc([C@@H]3CCCO3)n2)c1=O. The summed E-state index contributed by atoms with van der Waals surface area (Å²) in [5, 5.41) is 3.99. The summed E-state index contributed by atoms with van der Waals surface area (Å²) in [4.78, 5) is 21.2. The first-order valence-corrected chi connectivity index (χ1v) is 7.62. The van der Waals surface area contributed by atoms with Crippen LogP contribution in [0.1, 0.15) is 36.4 Å². The number of ether oxygens (including phenoxy) is 1. The Hall–Kier alpha value is -2.54. The first-order chi connectivity index (χ1) is 11.2. The van der Waals surface area contributed by atoms with Gasteiger partial charge in [0.2, 0.25) is 0 Å². The van der Waals surface area contributed by atoms with Gasteiger partial charge in [-0.2, -0.15) is 4.98 Å². The van der Waals surface area contributed by atoms with E-state index in [0.717, 1.165) is 30.5 Å². The molecule has 23 heavy (non-hydrogen) atoms. The molecule has 4 rings (SSSR count). The zero-order valence-corrected chi connectivity index (χ0v) is 12.7. The molecule has 0 amide bonds. The van der Waals surface area contributed by atoms with Crippen LogP contribution in [0, 0.1) is 6.92 Å². The highest BCUT2D eigenvalue weighted by atomic mass is 16.5. The molecule has 3 heterocycles. The number of hydrogen-bond donors (Lipinski definition) is 0. The van der Waals surface area contributed by atoms with Crippen molar-refractivity contribution in [2.45, 2.75) is 32.4 Å². The highest BCUT2D eigenvalue weighted by molar-refractivity contribution is 5.74. The van der Waals surface area contributed by atoms with Gasteiger partial charge in [0.15, 0.2) is 5.82 Å². The second kappa shape index (κ2) is 5.58. The Kier molecular flexibility index (Phi) is 3.42. The van der Waals surface area contributed by atoms with Gasteiger partial charge in [-0.1, -0.05) is 17.3 Å². The van der Waals surface area contributed by atoms with E-state index in [-0.39, 0.29) is 18.2 Å². The van der Waals surface area contributed by atoms with Gasteiger partial charge in [0.05, 0.1) is 17.6 Å². The highest BCUT2D eigenvalue weighted by Crippen LogP contribution is 2.27. The lowest BCUT2D eigenvalue weighted by atomic mass is 10.2. The van der Waals surface area contributed by atoms with E-state index < -0.39 is 0 Å². The van der Waals surface area contributed by atoms with Crippen LogP contribution in [0.2, 0.25) is 0 Å². The molecule has 0 aliphatic carbocycles. The van der Waals surface area contributed by atoms with Gasteiger partial charge >= 0.3 is 0 Å². The molecule has 0 unspecified atom stereocenters. The van der Waals surface area contributed by atoms with Gasteiger partial charge in [0.1, 0.15) is 11.8 Å². The lowest BCUT2D eigenvalue weighted by Crippen LogP contribution is -2.25. The molecule has 0 N–H and O–H groups in total. The number of aryl methyl sites for hydroxylation is 1. The maximum atomic E-state index is 12.4. The minimum atomic E-state index is -0.146. The molecule has 7 heteroatoms. The van der Waals surface area contributed by atoms with Gasteiger partial charge < -0.3 is 9.26 Å². The zero-order valence-electron chi connectivity index (χ0n) is 12.7. The first-order valence-electron chi connectivity index (χ1n) is 7.62. The third-order valence-corrected chi connectivity index (χ3v) is 4.00. The van der Waals surface area contributed by atoms with Crippen LogP contribution in [0.15, 0.2) is 33.6 Å². The van der Waals surface area contributed by atoms with Crippen molar-refractivity contribution >= 4 is 11.0 Å². The Morgan fingerprint density at radius 2 is 2.17 bits per heavy atom. The third-order valence-electron chi connectivity index (χ3n) is 4.00. The minimum Gasteiger partial charge on any atom is -0.368 e. The van der Waals surface area contributed by atoms with E-state index in [4.69, 9.17) is 9.26 Å². The summed E-state index contributed by atoms with van der Waals surface area (Å²) in [7, 11) is 0. The van der Waals surface area contributed by atoms with E-state index in [9.17, 15) is 4.79 Å². The number of rotatable bonds is 3. The Morgan fingerprint density at radius 3 is 3.00 bits per heavy atom. The summed E-state index contributed by atoms with van der Waals surface area (Å²) in [6.07, 6.45) is 1.76. The zero-order chi connectivity index (χ0) is 15.8. The first kappa shape index (κ1) is 14.1. The fourth-order valence-corrected chi connectivity index (χ4v) is 2.85. The van der Waals surface area contributed by atoms with E-state index in [1.54, 1.807) is 11.5 Å². The van der Waals surface area contributed by atoms with E-state index in [2.05, 4.69) is 15.1 Å². The second-order valence-electron chi connectivity index (χ2n) is 5.63. The monoisotopic (exact) mass is 312 g/mol. The van der Waals surface area contributed by atoms with Crippen molar-refractivity contribution in [3.05, 3.63) is 52.0 Å². The molecular weight excluding hydrogens is 296 g/mol. The third kappa shape index (κ3) is 2.53. The molecule has 0 saturated carbocycles. The summed E-state index contributed by atoms with van der Waals surface area (Å²) < 4.78 is 12.5. The molecule has 3 aromatic rings. The summed E-state index contributed by atoms with van der Waals surface area (Å²) >= 11 is 0. The van der Waals surface area contributed by atoms with E-state index >= 15 is 0 Å². The van der Waals surface area contributed by atoms with Crippen molar-refractivity contribution in [2.24, 2.45) is 0 Å². The van der Waals surface area contributed by atoms with Gasteiger partial charge in [-0.05, 0) is 31.9 Å². The Morgan fingerprint density at radius 1 is 1.30 bits per heavy atom. The quantitative estimate of drug-likeness (QED) is 0.735. The van der Waals surface area contributed by atoms with Crippen molar-refractivity contribution in [3.63, 3.8) is 0 Å². The molecule has 1 aliphatic heterocycles. The molecule has 1 atom stereocenters. The Bertz CT molecular complexity index is 909. The lowest BCUT2D eigenvalue weighted by molar-refractivity contribution is 0.0835. The fraction of sp³-hybridized carbons (Fsp3) is 0.375. The van der Waals surface area contributed by atoms with Gasteiger partial charge in [-0.15, -0.1) is 0 Å². The molecule has 1 fully saturated rings. The molecule has 7 nitrogen and oxygen atoms in total. The molecule has 2 aromatic heterocycles. The molecule has 118 valence electrons. The van der Waals surface area contributed by atoms with E-state index in [1.165, 1.54) is 0 Å². The second-order valence-corrected chi connectivity index (χ2v) is 5.63.